The predicted molar refractivity (Wildman–Crippen MR) is 102 cm³/mol. The molecule has 1 unspecified atom stereocenters. The summed E-state index contributed by atoms with van der Waals surface area (Å²) in [6, 6.07) is 13.3. The molecule has 0 aliphatic heterocycles. The van der Waals surface area contributed by atoms with E-state index in [0.717, 1.165) is 18.4 Å². The molecule has 25 heavy (non-hydrogen) atoms. The van der Waals surface area contributed by atoms with Gasteiger partial charge in [-0.3, -0.25) is 4.79 Å². The summed E-state index contributed by atoms with van der Waals surface area (Å²) < 4.78 is 19.5. The lowest BCUT2D eigenvalue weighted by Crippen LogP contribution is -2.33. The van der Waals surface area contributed by atoms with Crippen LogP contribution in [-0.2, 0) is 4.79 Å². The fourth-order valence-electron chi connectivity index (χ4n) is 2.17. The number of ether oxygens (including phenoxy) is 1. The number of halogens is 3. The summed E-state index contributed by atoms with van der Waals surface area (Å²) in [5.41, 5.74) is 6.18. The average Bonchev–Trinajstić information content (AvgIpc) is 2.58. The monoisotopic (exact) mass is 430 g/mol. The highest BCUT2D eigenvalue weighted by Gasteiger charge is 2.23. The summed E-state index contributed by atoms with van der Waals surface area (Å²) >= 11 is 3.26. The summed E-state index contributed by atoms with van der Waals surface area (Å²) in [7, 11) is 0. The van der Waals surface area contributed by atoms with Crippen LogP contribution in [0.15, 0.2) is 53.0 Å². The van der Waals surface area contributed by atoms with Gasteiger partial charge in [0.1, 0.15) is 11.6 Å². The van der Waals surface area contributed by atoms with Crippen molar-refractivity contribution in [1.82, 2.24) is 5.32 Å². The highest BCUT2D eigenvalue weighted by Crippen LogP contribution is 2.30. The Labute approximate surface area is 161 Å². The Kier molecular flexibility index (Phi) is 9.49. The SMILES string of the molecule is Cl.NCCCCNC(=O)C(Oc1ccc(F)cc1Br)c1ccccc1. The molecule has 0 heterocycles. The quantitative estimate of drug-likeness (QED) is 0.621. The number of hydrogen-bond donors (Lipinski definition) is 2. The van der Waals surface area contributed by atoms with E-state index in [4.69, 9.17) is 10.5 Å². The number of nitrogens with two attached hydrogens (primary N) is 1. The minimum absolute atomic E-state index is 0. The zero-order valence-electron chi connectivity index (χ0n) is 13.6. The third-order valence-electron chi connectivity index (χ3n) is 3.41. The molecule has 1 amide bonds. The highest BCUT2D eigenvalue weighted by atomic mass is 79.9. The zero-order chi connectivity index (χ0) is 17.4. The summed E-state index contributed by atoms with van der Waals surface area (Å²) in [5, 5.41) is 2.86. The molecule has 2 rings (SSSR count). The molecule has 136 valence electrons. The van der Waals surface area contributed by atoms with Gasteiger partial charge in [-0.25, -0.2) is 4.39 Å². The van der Waals surface area contributed by atoms with Gasteiger partial charge < -0.3 is 15.8 Å². The fourth-order valence-corrected chi connectivity index (χ4v) is 2.62. The zero-order valence-corrected chi connectivity index (χ0v) is 16.0. The van der Waals surface area contributed by atoms with Crippen LogP contribution in [0, 0.1) is 5.82 Å². The highest BCUT2D eigenvalue weighted by molar-refractivity contribution is 9.10. The summed E-state index contributed by atoms with van der Waals surface area (Å²) in [6.45, 7) is 1.13. The maximum atomic E-state index is 13.2. The van der Waals surface area contributed by atoms with E-state index < -0.39 is 6.10 Å². The van der Waals surface area contributed by atoms with Crippen LogP contribution < -0.4 is 15.8 Å². The number of hydrogen-bond acceptors (Lipinski definition) is 3. The first-order chi connectivity index (χ1) is 11.6. The number of unbranched alkanes of at least 4 members (excludes halogenated alkanes) is 1. The van der Waals surface area contributed by atoms with Crippen LogP contribution in [0.1, 0.15) is 24.5 Å². The van der Waals surface area contributed by atoms with Crippen LogP contribution in [0.5, 0.6) is 5.75 Å². The smallest absolute Gasteiger partial charge is 0.265 e. The molecule has 2 aromatic carbocycles. The van der Waals surface area contributed by atoms with Gasteiger partial charge in [-0.1, -0.05) is 30.3 Å². The molecular weight excluding hydrogens is 411 g/mol. The van der Waals surface area contributed by atoms with Crippen molar-refractivity contribution in [2.75, 3.05) is 13.1 Å². The third-order valence-corrected chi connectivity index (χ3v) is 4.03. The van der Waals surface area contributed by atoms with Crippen molar-refractivity contribution < 1.29 is 13.9 Å². The van der Waals surface area contributed by atoms with E-state index in [0.29, 0.717) is 23.3 Å². The van der Waals surface area contributed by atoms with Crippen LogP contribution in [0.3, 0.4) is 0 Å². The first-order valence-corrected chi connectivity index (χ1v) is 8.55. The van der Waals surface area contributed by atoms with Gasteiger partial charge in [0.25, 0.3) is 5.91 Å². The molecule has 0 radical (unpaired) electrons. The standard InChI is InChI=1S/C18H20BrFN2O2.ClH/c19-15-12-14(20)8-9-16(15)24-17(13-6-2-1-3-7-13)18(23)22-11-5-4-10-21;/h1-3,6-9,12,17H,4-5,10-11,21H2,(H,22,23);1H. The normalized spacial score (nSPS) is 11.3. The molecule has 1 atom stereocenters. The topological polar surface area (TPSA) is 64.3 Å². The molecule has 0 aromatic heterocycles. The van der Waals surface area contributed by atoms with Gasteiger partial charge in [0.05, 0.1) is 4.47 Å². The molecule has 0 aliphatic rings. The summed E-state index contributed by atoms with van der Waals surface area (Å²) in [5.74, 6) is -0.214. The molecule has 0 spiro atoms. The Hall–Kier alpha value is -1.63. The van der Waals surface area contributed by atoms with Gasteiger partial charge in [-0.15, -0.1) is 12.4 Å². The third kappa shape index (κ3) is 6.65. The number of benzene rings is 2. The number of carbonyl (C=O) groups is 1. The largest absolute Gasteiger partial charge is 0.475 e. The summed E-state index contributed by atoms with van der Waals surface area (Å²) in [6.07, 6.45) is 0.843. The molecule has 4 nitrogen and oxygen atoms in total. The molecular formula is C18H21BrClFN2O2. The van der Waals surface area contributed by atoms with E-state index in [9.17, 15) is 9.18 Å². The first kappa shape index (κ1) is 21.4. The van der Waals surface area contributed by atoms with E-state index in [-0.39, 0.29) is 24.1 Å². The molecule has 0 saturated heterocycles. The number of carbonyl (C=O) groups excluding carboxylic acids is 1. The molecule has 0 saturated carbocycles. The lowest BCUT2D eigenvalue weighted by Gasteiger charge is -2.20. The van der Waals surface area contributed by atoms with E-state index in [1.54, 1.807) is 0 Å². The second-order valence-electron chi connectivity index (χ2n) is 5.27. The summed E-state index contributed by atoms with van der Waals surface area (Å²) in [4.78, 5) is 12.5. The van der Waals surface area contributed by atoms with Crippen molar-refractivity contribution in [2.24, 2.45) is 5.73 Å². The fraction of sp³-hybridized carbons (Fsp3) is 0.278. The van der Waals surface area contributed by atoms with Gasteiger partial charge in [0.2, 0.25) is 6.10 Å². The van der Waals surface area contributed by atoms with Crippen LogP contribution in [0.2, 0.25) is 0 Å². The Bertz CT molecular complexity index is 673. The van der Waals surface area contributed by atoms with Crippen LogP contribution in [-0.4, -0.2) is 19.0 Å². The Balaban J connectivity index is 0.00000312. The minimum Gasteiger partial charge on any atom is -0.475 e. The molecule has 2 aromatic rings. The molecule has 3 N–H and O–H groups in total. The Morgan fingerprint density at radius 1 is 1.20 bits per heavy atom. The van der Waals surface area contributed by atoms with Crippen molar-refractivity contribution >= 4 is 34.2 Å². The molecule has 0 aliphatic carbocycles. The van der Waals surface area contributed by atoms with E-state index in [1.807, 2.05) is 30.3 Å². The first-order valence-electron chi connectivity index (χ1n) is 7.76. The van der Waals surface area contributed by atoms with Crippen molar-refractivity contribution in [3.63, 3.8) is 0 Å². The molecule has 0 fully saturated rings. The van der Waals surface area contributed by atoms with Crippen LogP contribution >= 0.6 is 28.3 Å². The van der Waals surface area contributed by atoms with Crippen LogP contribution in [0.25, 0.3) is 0 Å². The minimum atomic E-state index is -0.814. The second kappa shape index (κ2) is 11.1. The maximum absolute atomic E-state index is 13.2. The second-order valence-corrected chi connectivity index (χ2v) is 6.12. The average molecular weight is 432 g/mol. The van der Waals surface area contributed by atoms with Crippen LogP contribution in [0.4, 0.5) is 4.39 Å². The van der Waals surface area contributed by atoms with E-state index in [2.05, 4.69) is 21.2 Å². The number of amides is 1. The Morgan fingerprint density at radius 3 is 2.56 bits per heavy atom. The number of nitrogens with one attached hydrogen (secondary N) is 1. The Morgan fingerprint density at radius 2 is 1.92 bits per heavy atom. The van der Waals surface area contributed by atoms with Gasteiger partial charge in [-0.05, 0) is 53.5 Å². The van der Waals surface area contributed by atoms with E-state index in [1.165, 1.54) is 18.2 Å². The lowest BCUT2D eigenvalue weighted by atomic mass is 10.1. The molecule has 7 heteroatoms. The van der Waals surface area contributed by atoms with Crippen molar-refractivity contribution in [3.05, 3.63) is 64.4 Å². The lowest BCUT2D eigenvalue weighted by molar-refractivity contribution is -0.128. The van der Waals surface area contributed by atoms with Gasteiger partial charge in [-0.2, -0.15) is 0 Å². The number of rotatable bonds is 8. The van der Waals surface area contributed by atoms with Gasteiger partial charge in [0, 0.05) is 12.1 Å². The van der Waals surface area contributed by atoms with Crippen molar-refractivity contribution in [2.45, 2.75) is 18.9 Å². The van der Waals surface area contributed by atoms with Gasteiger partial charge in [0.15, 0.2) is 0 Å². The maximum Gasteiger partial charge on any atom is 0.265 e. The van der Waals surface area contributed by atoms with Gasteiger partial charge >= 0.3 is 0 Å². The predicted octanol–water partition coefficient (Wildman–Crippen LogP) is 3.99. The van der Waals surface area contributed by atoms with Crippen molar-refractivity contribution in [3.8, 4) is 5.75 Å². The van der Waals surface area contributed by atoms with Crippen molar-refractivity contribution in [1.29, 1.82) is 0 Å². The van der Waals surface area contributed by atoms with E-state index >= 15 is 0 Å². The molecule has 0 bridgehead atoms.